The lowest BCUT2D eigenvalue weighted by atomic mass is 9.86. The van der Waals surface area contributed by atoms with Crippen molar-refractivity contribution in [3.8, 4) is 0 Å². The molecule has 0 saturated carbocycles. The Labute approximate surface area is 223 Å². The quantitative estimate of drug-likeness (QED) is 0.516. The molecule has 1 fully saturated rings. The van der Waals surface area contributed by atoms with Crippen molar-refractivity contribution >= 4 is 22.9 Å². The summed E-state index contributed by atoms with van der Waals surface area (Å²) in [5.41, 5.74) is 2.95. The van der Waals surface area contributed by atoms with E-state index in [0.29, 0.717) is 47.6 Å². The Morgan fingerprint density at radius 1 is 1.18 bits per heavy atom. The predicted molar refractivity (Wildman–Crippen MR) is 139 cm³/mol. The average molecular weight is 548 g/mol. The highest BCUT2D eigenvalue weighted by Gasteiger charge is 2.42. The number of pyridine rings is 1. The van der Waals surface area contributed by atoms with Gasteiger partial charge in [0.05, 0.1) is 41.7 Å². The molecule has 1 amide bonds. The van der Waals surface area contributed by atoms with Gasteiger partial charge in [-0.05, 0) is 57.9 Å². The molecule has 2 aliphatic heterocycles. The van der Waals surface area contributed by atoms with Crippen LogP contribution in [-0.2, 0) is 18.2 Å². The number of fused-ring (bicyclic) bond motifs is 3. The number of carbonyl (C=O) groups excluding carboxylic acids is 1. The van der Waals surface area contributed by atoms with Gasteiger partial charge in [0.2, 0.25) is 0 Å². The number of halogens is 3. The lowest BCUT2D eigenvalue weighted by Crippen LogP contribution is -2.57. The van der Waals surface area contributed by atoms with E-state index in [9.17, 15) is 22.8 Å². The molecule has 39 heavy (non-hydrogen) atoms. The van der Waals surface area contributed by atoms with Crippen LogP contribution in [0.4, 0.5) is 23.7 Å². The second kappa shape index (κ2) is 9.58. The van der Waals surface area contributed by atoms with Gasteiger partial charge in [-0.3, -0.25) is 14.5 Å². The number of benzene rings is 1. The van der Waals surface area contributed by atoms with E-state index < -0.39 is 36.2 Å². The van der Waals surface area contributed by atoms with E-state index in [2.05, 4.69) is 10.3 Å². The molecule has 0 radical (unpaired) electrons. The van der Waals surface area contributed by atoms with Crippen LogP contribution >= 0.6 is 0 Å². The molecule has 9 nitrogen and oxygen atoms in total. The van der Waals surface area contributed by atoms with Gasteiger partial charge in [0.15, 0.2) is 5.58 Å². The summed E-state index contributed by atoms with van der Waals surface area (Å²) in [6.07, 6.45) is -2.87. The fraction of sp³-hybridized carbons (Fsp3) is 0.519. The van der Waals surface area contributed by atoms with Crippen LogP contribution in [0.5, 0.6) is 0 Å². The molecule has 0 aliphatic carbocycles. The molecule has 3 aromatic rings. The molecule has 0 spiro atoms. The Morgan fingerprint density at radius 2 is 1.90 bits per heavy atom. The molecule has 0 unspecified atom stereocenters. The van der Waals surface area contributed by atoms with Gasteiger partial charge in [-0.2, -0.15) is 13.2 Å². The summed E-state index contributed by atoms with van der Waals surface area (Å²) in [7, 11) is 1.60. The van der Waals surface area contributed by atoms with Crippen molar-refractivity contribution in [2.75, 3.05) is 25.0 Å². The normalized spacial score (nSPS) is 20.6. The van der Waals surface area contributed by atoms with E-state index in [0.717, 1.165) is 5.56 Å². The highest BCUT2D eigenvalue weighted by atomic mass is 19.4. The van der Waals surface area contributed by atoms with E-state index in [1.165, 1.54) is 9.47 Å². The number of nitrogens with one attached hydrogen (secondary N) is 1. The zero-order chi connectivity index (χ0) is 28.3. The van der Waals surface area contributed by atoms with Crippen LogP contribution in [0, 0.1) is 0 Å². The first kappa shape index (κ1) is 27.0. The van der Waals surface area contributed by atoms with Gasteiger partial charge in [-0.15, -0.1) is 0 Å². The van der Waals surface area contributed by atoms with Crippen molar-refractivity contribution in [2.24, 2.45) is 7.05 Å². The minimum atomic E-state index is -4.40. The molecule has 5 rings (SSSR count). The number of aromatic nitrogens is 2. The lowest BCUT2D eigenvalue weighted by molar-refractivity contribution is -0.155. The number of alkyl halides is 3. The number of nitrogens with zero attached hydrogens (tertiary/aromatic N) is 4. The number of oxazole rings is 1. The Kier molecular flexibility index (Phi) is 6.64. The van der Waals surface area contributed by atoms with Gasteiger partial charge >= 0.3 is 18.0 Å². The number of likely N-dealkylation sites (tertiary alicyclic amines) is 1. The topological polar surface area (TPSA) is 92.8 Å². The molecule has 1 N–H and O–H groups in total. The molecule has 210 valence electrons. The van der Waals surface area contributed by atoms with E-state index in [1.807, 2.05) is 20.8 Å². The monoisotopic (exact) mass is 547 g/mol. The van der Waals surface area contributed by atoms with Gasteiger partial charge in [0, 0.05) is 31.7 Å². The minimum Gasteiger partial charge on any atom is -0.444 e. The van der Waals surface area contributed by atoms with Crippen LogP contribution in [0.25, 0.3) is 11.1 Å². The van der Waals surface area contributed by atoms with Crippen molar-refractivity contribution in [1.82, 2.24) is 19.4 Å². The van der Waals surface area contributed by atoms with Crippen molar-refractivity contribution < 1.29 is 27.1 Å². The third kappa shape index (κ3) is 5.47. The average Bonchev–Trinajstić information content (AvgIpc) is 3.09. The lowest BCUT2D eigenvalue weighted by Gasteiger charge is -2.42. The second-order valence-electron chi connectivity index (χ2n) is 11.4. The molecule has 1 saturated heterocycles. The number of anilines is 1. The highest BCUT2D eigenvalue weighted by Crippen LogP contribution is 2.41. The van der Waals surface area contributed by atoms with Crippen LogP contribution < -0.4 is 11.1 Å². The summed E-state index contributed by atoms with van der Waals surface area (Å²) < 4.78 is 53.2. The molecule has 1 aromatic carbocycles. The van der Waals surface area contributed by atoms with Crippen molar-refractivity contribution in [1.29, 1.82) is 0 Å². The summed E-state index contributed by atoms with van der Waals surface area (Å²) in [4.78, 5) is 31.9. The molecular weight excluding hydrogens is 515 g/mol. The van der Waals surface area contributed by atoms with Gasteiger partial charge in [-0.1, -0.05) is 6.07 Å². The minimum absolute atomic E-state index is 0.0107. The molecule has 2 aromatic heterocycles. The summed E-state index contributed by atoms with van der Waals surface area (Å²) in [5, 5.41) is 3.31. The fourth-order valence-electron chi connectivity index (χ4n) is 5.29. The number of carbonyl (C=O) groups is 1. The fourth-order valence-corrected chi connectivity index (χ4v) is 5.29. The van der Waals surface area contributed by atoms with Crippen LogP contribution in [0.2, 0.25) is 0 Å². The number of ether oxygens (including phenoxy) is 1. The van der Waals surface area contributed by atoms with Crippen LogP contribution in [0.15, 0.2) is 39.7 Å². The highest BCUT2D eigenvalue weighted by molar-refractivity contribution is 5.79. The zero-order valence-corrected chi connectivity index (χ0v) is 22.5. The molecule has 2 atom stereocenters. The number of rotatable bonds is 4. The maximum Gasteiger partial charge on any atom is 0.419 e. The van der Waals surface area contributed by atoms with Crippen molar-refractivity contribution in [3.63, 3.8) is 0 Å². The van der Waals surface area contributed by atoms with E-state index in [-0.39, 0.29) is 12.1 Å². The Hall–Kier alpha value is -3.54. The van der Waals surface area contributed by atoms with Gasteiger partial charge in [0.1, 0.15) is 5.60 Å². The first-order valence-electron chi connectivity index (χ1n) is 12.8. The summed E-state index contributed by atoms with van der Waals surface area (Å²) in [5.74, 6) is -0.518. The number of hydrogen-bond acceptors (Lipinski definition) is 7. The standard InChI is InChI=1S/C27H32F3N5O4/c1-15-10-19-18(7-9-21-23(19)38-24(36)33(21)5)22(35(15)14-27(28,29)30)20-8-6-16(11-31-20)32-17-12-34(13-17)25(37)39-26(2,3)4/h6-9,11,15,17,22,32H,10,12-14H2,1-5H3/t15-,22+/m1/s1. The van der Waals surface area contributed by atoms with E-state index >= 15 is 0 Å². The molecule has 12 heteroatoms. The Morgan fingerprint density at radius 3 is 2.51 bits per heavy atom. The van der Waals surface area contributed by atoms with E-state index in [4.69, 9.17) is 9.15 Å². The van der Waals surface area contributed by atoms with Gasteiger partial charge < -0.3 is 19.4 Å². The molecule has 0 bridgehead atoms. The smallest absolute Gasteiger partial charge is 0.419 e. The molecule has 4 heterocycles. The second-order valence-corrected chi connectivity index (χ2v) is 11.4. The van der Waals surface area contributed by atoms with Crippen molar-refractivity contribution in [2.45, 2.75) is 64.0 Å². The third-order valence-corrected chi connectivity index (χ3v) is 7.12. The maximum absolute atomic E-state index is 13.6. The molecule has 2 aliphatic rings. The SMILES string of the molecule is C[C@@H]1Cc2c(ccc3c2oc(=O)n3C)[C@@H](c2ccc(NC3CN(C(=O)OC(C)(C)C)C3)cn2)N1CC(F)(F)F. The number of aryl methyl sites for hydroxylation is 1. The zero-order valence-electron chi connectivity index (χ0n) is 22.5. The van der Waals surface area contributed by atoms with Gasteiger partial charge in [0.25, 0.3) is 0 Å². The molecular formula is C27H32F3N5O4. The number of hydrogen-bond donors (Lipinski definition) is 1. The van der Waals surface area contributed by atoms with Gasteiger partial charge in [-0.25, -0.2) is 9.59 Å². The first-order valence-corrected chi connectivity index (χ1v) is 12.8. The predicted octanol–water partition coefficient (Wildman–Crippen LogP) is 4.46. The van der Waals surface area contributed by atoms with Crippen LogP contribution in [0.3, 0.4) is 0 Å². The van der Waals surface area contributed by atoms with E-state index in [1.54, 1.807) is 49.3 Å². The van der Waals surface area contributed by atoms with Crippen molar-refractivity contribution in [3.05, 3.63) is 57.8 Å². The Balaban J connectivity index is 1.39. The Bertz CT molecular complexity index is 1440. The third-order valence-electron chi connectivity index (χ3n) is 7.12. The number of amides is 1. The van der Waals surface area contributed by atoms with Crippen LogP contribution in [-0.4, -0.2) is 68.9 Å². The maximum atomic E-state index is 13.6. The summed E-state index contributed by atoms with van der Waals surface area (Å²) in [6, 6.07) is 5.72. The van der Waals surface area contributed by atoms with Crippen LogP contribution in [0.1, 0.15) is 50.6 Å². The summed E-state index contributed by atoms with van der Waals surface area (Å²) >= 11 is 0. The largest absolute Gasteiger partial charge is 0.444 e. The first-order chi connectivity index (χ1) is 18.2. The summed E-state index contributed by atoms with van der Waals surface area (Å²) in [6.45, 7) is 7.03.